The number of nitrogens with one attached hydrogen (secondary N) is 1. The van der Waals surface area contributed by atoms with Crippen LogP contribution in [0.5, 0.6) is 0 Å². The van der Waals surface area contributed by atoms with Crippen LogP contribution in [0.4, 0.5) is 5.13 Å². The number of fused-ring (bicyclic) bond motifs is 1. The first kappa shape index (κ1) is 11.0. The molecule has 1 fully saturated rings. The van der Waals surface area contributed by atoms with E-state index >= 15 is 0 Å². The fourth-order valence-electron chi connectivity index (χ4n) is 2.77. The average Bonchev–Trinajstić information content (AvgIpc) is 2.72. The van der Waals surface area contributed by atoms with Crippen LogP contribution in [-0.4, -0.2) is 10.9 Å². The maximum atomic E-state index is 12.1. The number of aromatic nitrogens is 1. The van der Waals surface area contributed by atoms with E-state index in [2.05, 4.69) is 22.5 Å². The number of allylic oxidation sites excluding steroid dienone is 2. The Morgan fingerprint density at radius 2 is 2.41 bits per heavy atom. The number of thiazole rings is 1. The smallest absolute Gasteiger partial charge is 0.230 e. The molecular formula is C13H16N2OS. The third-order valence-electron chi connectivity index (χ3n) is 3.71. The SMILES string of the molecule is O=C(Nc1nccs1)[C@H]1[C@H]2C=CCCCC[C@H]21. The zero-order valence-electron chi connectivity index (χ0n) is 9.63. The van der Waals surface area contributed by atoms with E-state index in [-0.39, 0.29) is 11.8 Å². The van der Waals surface area contributed by atoms with Gasteiger partial charge in [0.2, 0.25) is 5.91 Å². The average molecular weight is 248 g/mol. The van der Waals surface area contributed by atoms with E-state index < -0.39 is 0 Å². The van der Waals surface area contributed by atoms with Crippen LogP contribution in [0, 0.1) is 17.8 Å². The number of amides is 1. The second-order valence-corrected chi connectivity index (χ2v) is 5.70. The van der Waals surface area contributed by atoms with Gasteiger partial charge in [-0.05, 0) is 31.1 Å². The van der Waals surface area contributed by atoms with E-state index in [1.54, 1.807) is 6.20 Å². The molecular weight excluding hydrogens is 232 g/mol. The van der Waals surface area contributed by atoms with Crippen LogP contribution in [0.25, 0.3) is 0 Å². The molecule has 0 aliphatic heterocycles. The number of hydrogen-bond donors (Lipinski definition) is 1. The van der Waals surface area contributed by atoms with Gasteiger partial charge in [-0.25, -0.2) is 4.98 Å². The summed E-state index contributed by atoms with van der Waals surface area (Å²) in [5.74, 6) is 1.40. The Kier molecular flexibility index (Phi) is 2.97. The second-order valence-electron chi connectivity index (χ2n) is 4.81. The Morgan fingerprint density at radius 3 is 3.24 bits per heavy atom. The molecule has 17 heavy (non-hydrogen) atoms. The summed E-state index contributed by atoms with van der Waals surface area (Å²) in [6.07, 6.45) is 11.1. The molecule has 2 aliphatic rings. The normalized spacial score (nSPS) is 31.2. The highest BCUT2D eigenvalue weighted by Crippen LogP contribution is 2.51. The summed E-state index contributed by atoms with van der Waals surface area (Å²) in [6, 6.07) is 0. The maximum absolute atomic E-state index is 12.1. The second kappa shape index (κ2) is 4.61. The monoisotopic (exact) mass is 248 g/mol. The topological polar surface area (TPSA) is 42.0 Å². The quantitative estimate of drug-likeness (QED) is 0.817. The summed E-state index contributed by atoms with van der Waals surface area (Å²) in [5.41, 5.74) is 0. The molecule has 0 aromatic carbocycles. The van der Waals surface area contributed by atoms with E-state index in [0.717, 1.165) is 5.13 Å². The first-order valence-corrected chi connectivity index (χ1v) is 7.11. The molecule has 4 heteroatoms. The van der Waals surface area contributed by atoms with Crippen LogP contribution in [0.15, 0.2) is 23.7 Å². The number of carbonyl (C=O) groups excluding carboxylic acids is 1. The molecule has 0 bridgehead atoms. The van der Waals surface area contributed by atoms with E-state index in [4.69, 9.17) is 0 Å². The minimum atomic E-state index is 0.154. The van der Waals surface area contributed by atoms with Crippen molar-refractivity contribution in [1.82, 2.24) is 4.98 Å². The van der Waals surface area contributed by atoms with Crippen molar-refractivity contribution in [3.05, 3.63) is 23.7 Å². The van der Waals surface area contributed by atoms with E-state index in [9.17, 15) is 4.79 Å². The molecule has 3 nitrogen and oxygen atoms in total. The van der Waals surface area contributed by atoms with Gasteiger partial charge < -0.3 is 5.32 Å². The third-order valence-corrected chi connectivity index (χ3v) is 4.40. The molecule has 3 atom stereocenters. The number of hydrogen-bond acceptors (Lipinski definition) is 3. The van der Waals surface area contributed by atoms with Crippen LogP contribution in [0.3, 0.4) is 0 Å². The zero-order chi connectivity index (χ0) is 11.7. The van der Waals surface area contributed by atoms with Gasteiger partial charge in [0.25, 0.3) is 0 Å². The first-order valence-electron chi connectivity index (χ1n) is 6.23. The standard InChI is InChI=1S/C13H16N2OS/c16-12(15-13-14-7-8-17-13)11-9-5-3-1-2-4-6-10(9)11/h3,5,7-11H,1-2,4,6H2,(H,14,15,16)/t9-,10+,11-/m0/s1. The van der Waals surface area contributed by atoms with Crippen molar-refractivity contribution in [1.29, 1.82) is 0 Å². The van der Waals surface area contributed by atoms with Crippen LogP contribution >= 0.6 is 11.3 Å². The molecule has 90 valence electrons. The van der Waals surface area contributed by atoms with Crippen LogP contribution in [0.1, 0.15) is 25.7 Å². The van der Waals surface area contributed by atoms with Gasteiger partial charge >= 0.3 is 0 Å². The number of anilines is 1. The van der Waals surface area contributed by atoms with Gasteiger partial charge in [-0.1, -0.05) is 18.6 Å². The predicted octanol–water partition coefficient (Wildman–Crippen LogP) is 3.07. The van der Waals surface area contributed by atoms with Crippen LogP contribution < -0.4 is 5.32 Å². The fraction of sp³-hybridized carbons (Fsp3) is 0.538. The van der Waals surface area contributed by atoms with Crippen molar-refractivity contribution < 1.29 is 4.79 Å². The van der Waals surface area contributed by atoms with Gasteiger partial charge in [0.05, 0.1) is 0 Å². The molecule has 1 N–H and O–H groups in total. The van der Waals surface area contributed by atoms with Crippen LogP contribution in [-0.2, 0) is 4.79 Å². The molecule has 2 aliphatic carbocycles. The van der Waals surface area contributed by atoms with Crippen molar-refractivity contribution in [2.45, 2.75) is 25.7 Å². The summed E-state index contributed by atoms with van der Waals surface area (Å²) in [6.45, 7) is 0. The van der Waals surface area contributed by atoms with Gasteiger partial charge in [0.1, 0.15) is 0 Å². The fourth-order valence-corrected chi connectivity index (χ4v) is 3.31. The predicted molar refractivity (Wildman–Crippen MR) is 68.8 cm³/mol. The van der Waals surface area contributed by atoms with Crippen molar-refractivity contribution in [2.75, 3.05) is 5.32 Å². The Morgan fingerprint density at radius 1 is 1.47 bits per heavy atom. The molecule has 1 heterocycles. The lowest BCUT2D eigenvalue weighted by molar-refractivity contribution is -0.117. The molecule has 0 unspecified atom stereocenters. The number of rotatable bonds is 2. The number of nitrogens with zero attached hydrogens (tertiary/aromatic N) is 1. The molecule has 0 saturated heterocycles. The van der Waals surface area contributed by atoms with E-state index in [1.807, 2.05) is 5.38 Å². The Bertz CT molecular complexity index is 427. The zero-order valence-corrected chi connectivity index (χ0v) is 10.5. The minimum Gasteiger partial charge on any atom is -0.302 e. The Hall–Kier alpha value is -1.16. The molecule has 0 spiro atoms. The maximum Gasteiger partial charge on any atom is 0.230 e. The third kappa shape index (κ3) is 2.27. The Labute approximate surface area is 105 Å². The molecule has 3 rings (SSSR count). The lowest BCUT2D eigenvalue weighted by atomic mass is 10.1. The first-order chi connectivity index (χ1) is 8.36. The highest BCUT2D eigenvalue weighted by molar-refractivity contribution is 7.13. The summed E-state index contributed by atoms with van der Waals surface area (Å²) in [5, 5.41) is 5.52. The van der Waals surface area contributed by atoms with Crippen molar-refractivity contribution >= 4 is 22.4 Å². The van der Waals surface area contributed by atoms with Gasteiger partial charge in [-0.15, -0.1) is 11.3 Å². The Balaban J connectivity index is 1.64. The molecule has 1 saturated carbocycles. The minimum absolute atomic E-state index is 0.154. The van der Waals surface area contributed by atoms with Crippen molar-refractivity contribution in [3.63, 3.8) is 0 Å². The summed E-state index contributed by atoms with van der Waals surface area (Å²) in [4.78, 5) is 16.2. The van der Waals surface area contributed by atoms with Gasteiger partial charge in [-0.2, -0.15) is 0 Å². The summed E-state index contributed by atoms with van der Waals surface area (Å²) >= 11 is 1.48. The van der Waals surface area contributed by atoms with Crippen molar-refractivity contribution in [3.8, 4) is 0 Å². The lowest BCUT2D eigenvalue weighted by Crippen LogP contribution is -2.15. The van der Waals surface area contributed by atoms with Gasteiger partial charge in [0, 0.05) is 17.5 Å². The van der Waals surface area contributed by atoms with Crippen LogP contribution in [0.2, 0.25) is 0 Å². The highest BCUT2D eigenvalue weighted by atomic mass is 32.1. The number of carbonyl (C=O) groups is 1. The van der Waals surface area contributed by atoms with Gasteiger partial charge in [0.15, 0.2) is 5.13 Å². The van der Waals surface area contributed by atoms with Crippen molar-refractivity contribution in [2.24, 2.45) is 17.8 Å². The van der Waals surface area contributed by atoms with E-state index in [1.165, 1.54) is 37.0 Å². The van der Waals surface area contributed by atoms with Gasteiger partial charge in [-0.3, -0.25) is 4.79 Å². The van der Waals surface area contributed by atoms with E-state index in [0.29, 0.717) is 11.8 Å². The summed E-state index contributed by atoms with van der Waals surface area (Å²) < 4.78 is 0. The molecule has 1 amide bonds. The summed E-state index contributed by atoms with van der Waals surface area (Å²) in [7, 11) is 0. The molecule has 1 aromatic rings. The molecule has 1 aromatic heterocycles. The molecule has 0 radical (unpaired) electrons. The lowest BCUT2D eigenvalue weighted by Gasteiger charge is -2.00. The highest BCUT2D eigenvalue weighted by Gasteiger charge is 2.52. The largest absolute Gasteiger partial charge is 0.302 e.